The van der Waals surface area contributed by atoms with Gasteiger partial charge in [0.1, 0.15) is 0 Å². The number of halogens is 1. The van der Waals surface area contributed by atoms with Gasteiger partial charge in [-0.1, -0.05) is 98.3 Å². The summed E-state index contributed by atoms with van der Waals surface area (Å²) in [5, 5.41) is 0. The summed E-state index contributed by atoms with van der Waals surface area (Å²) in [6.45, 7) is 9.11. The summed E-state index contributed by atoms with van der Waals surface area (Å²) in [5.74, 6) is 0.724. The molecule has 2 N–H and O–H groups in total. The first-order valence-corrected chi connectivity index (χ1v) is 9.93. The van der Waals surface area contributed by atoms with E-state index in [1.165, 1.54) is 77.0 Å². The van der Waals surface area contributed by atoms with E-state index in [4.69, 9.17) is 5.73 Å². The lowest BCUT2D eigenvalue weighted by Crippen LogP contribution is -2.45. The minimum Gasteiger partial charge on any atom is -0.325 e. The normalized spacial score (nSPS) is 13.0. The molecule has 0 saturated carbocycles. The van der Waals surface area contributed by atoms with Gasteiger partial charge in [0.05, 0.1) is 0 Å². The van der Waals surface area contributed by atoms with Crippen LogP contribution < -0.4 is 5.73 Å². The zero-order valence-electron chi connectivity index (χ0n) is 16.0. The van der Waals surface area contributed by atoms with Gasteiger partial charge in [-0.3, -0.25) is 0 Å². The Bertz CT molecular complexity index is 214. The van der Waals surface area contributed by atoms with Crippen molar-refractivity contribution in [3.05, 3.63) is 0 Å². The highest BCUT2D eigenvalue weighted by atomic mass is 127. The second kappa shape index (κ2) is 16.5. The van der Waals surface area contributed by atoms with Gasteiger partial charge in [-0.05, 0) is 25.2 Å². The monoisotopic (exact) mass is 425 g/mol. The first kappa shape index (κ1) is 24.9. The molecule has 0 heterocycles. The highest BCUT2D eigenvalue weighted by molar-refractivity contribution is 14.0. The van der Waals surface area contributed by atoms with Crippen molar-refractivity contribution in [1.29, 1.82) is 0 Å². The van der Waals surface area contributed by atoms with E-state index in [9.17, 15) is 0 Å². The molecule has 0 aliphatic heterocycles. The zero-order valence-corrected chi connectivity index (χ0v) is 18.3. The van der Waals surface area contributed by atoms with Crippen LogP contribution in [-0.2, 0) is 0 Å². The van der Waals surface area contributed by atoms with Crippen LogP contribution in [0.5, 0.6) is 0 Å². The molecule has 0 radical (unpaired) electrons. The maximum absolute atomic E-state index is 6.57. The lowest BCUT2D eigenvalue weighted by Gasteiger charge is -2.36. The predicted molar refractivity (Wildman–Crippen MR) is 113 cm³/mol. The molecule has 136 valence electrons. The Labute approximate surface area is 158 Å². The molecule has 0 aromatic heterocycles. The SMILES string of the molecule is CCCCCCCCCCCCC(CC)C(N)(CC)CC.I. The summed E-state index contributed by atoms with van der Waals surface area (Å²) in [5.41, 5.74) is 6.66. The average molecular weight is 425 g/mol. The van der Waals surface area contributed by atoms with Crippen LogP contribution in [0.15, 0.2) is 0 Å². The summed E-state index contributed by atoms with van der Waals surface area (Å²) in [6, 6.07) is 0. The van der Waals surface area contributed by atoms with Crippen molar-refractivity contribution < 1.29 is 0 Å². The second-order valence-corrected chi connectivity index (χ2v) is 7.02. The molecule has 0 bridgehead atoms. The van der Waals surface area contributed by atoms with Gasteiger partial charge in [0.2, 0.25) is 0 Å². The Kier molecular flexibility index (Phi) is 18.8. The van der Waals surface area contributed by atoms with E-state index in [2.05, 4.69) is 27.7 Å². The van der Waals surface area contributed by atoms with Gasteiger partial charge in [0.15, 0.2) is 0 Å². The van der Waals surface area contributed by atoms with E-state index in [0.29, 0.717) is 0 Å². The smallest absolute Gasteiger partial charge is 0.0177 e. The van der Waals surface area contributed by atoms with Crippen molar-refractivity contribution in [2.24, 2.45) is 11.7 Å². The molecule has 2 heteroatoms. The maximum Gasteiger partial charge on any atom is 0.0177 e. The molecule has 0 spiro atoms. The number of hydrogen-bond donors (Lipinski definition) is 1. The largest absolute Gasteiger partial charge is 0.325 e. The van der Waals surface area contributed by atoms with Crippen molar-refractivity contribution in [3.8, 4) is 0 Å². The van der Waals surface area contributed by atoms with Crippen LogP contribution in [0.3, 0.4) is 0 Å². The second-order valence-electron chi connectivity index (χ2n) is 7.02. The van der Waals surface area contributed by atoms with Gasteiger partial charge in [0.25, 0.3) is 0 Å². The molecule has 1 nitrogen and oxygen atoms in total. The van der Waals surface area contributed by atoms with Crippen molar-refractivity contribution in [2.75, 3.05) is 0 Å². The molecular weight excluding hydrogens is 381 g/mol. The number of nitrogens with two attached hydrogens (primary N) is 1. The van der Waals surface area contributed by atoms with E-state index in [1.807, 2.05) is 0 Å². The van der Waals surface area contributed by atoms with E-state index in [-0.39, 0.29) is 29.5 Å². The summed E-state index contributed by atoms with van der Waals surface area (Å²) in [7, 11) is 0. The molecular formula is C20H44IN. The number of hydrogen-bond acceptors (Lipinski definition) is 1. The van der Waals surface area contributed by atoms with Crippen LogP contribution in [-0.4, -0.2) is 5.54 Å². The van der Waals surface area contributed by atoms with Gasteiger partial charge >= 0.3 is 0 Å². The standard InChI is InChI=1S/C20H43N.HI/c1-5-9-10-11-12-13-14-15-16-17-18-19(6-2)20(21,7-3)8-4;/h19H,5-18,21H2,1-4H3;1H. The molecule has 0 aromatic carbocycles. The summed E-state index contributed by atoms with van der Waals surface area (Å²) in [6.07, 6.45) is 19.1. The third kappa shape index (κ3) is 11.3. The third-order valence-electron chi connectivity index (χ3n) is 5.53. The van der Waals surface area contributed by atoms with Gasteiger partial charge in [-0.15, -0.1) is 24.0 Å². The van der Waals surface area contributed by atoms with Crippen molar-refractivity contribution in [2.45, 2.75) is 123 Å². The fraction of sp³-hybridized carbons (Fsp3) is 1.00. The molecule has 22 heavy (non-hydrogen) atoms. The molecule has 1 atom stereocenters. The minimum atomic E-state index is 0. The third-order valence-corrected chi connectivity index (χ3v) is 5.53. The van der Waals surface area contributed by atoms with E-state index in [1.54, 1.807) is 0 Å². The predicted octanol–water partition coefficient (Wildman–Crippen LogP) is 7.46. The Morgan fingerprint density at radius 3 is 1.45 bits per heavy atom. The Hall–Kier alpha value is 0.690. The molecule has 0 aromatic rings. The zero-order chi connectivity index (χ0) is 16.0. The molecule has 0 fully saturated rings. The van der Waals surface area contributed by atoms with Crippen LogP contribution in [0.4, 0.5) is 0 Å². The van der Waals surface area contributed by atoms with Crippen molar-refractivity contribution in [3.63, 3.8) is 0 Å². The molecule has 0 saturated heterocycles. The van der Waals surface area contributed by atoms with Crippen LogP contribution in [0.1, 0.15) is 118 Å². The quantitative estimate of drug-likeness (QED) is 0.214. The molecule has 0 aliphatic carbocycles. The summed E-state index contributed by atoms with van der Waals surface area (Å²) in [4.78, 5) is 0. The van der Waals surface area contributed by atoms with Crippen LogP contribution >= 0.6 is 24.0 Å². The fourth-order valence-electron chi connectivity index (χ4n) is 3.60. The van der Waals surface area contributed by atoms with E-state index >= 15 is 0 Å². The van der Waals surface area contributed by atoms with Crippen LogP contribution in [0.25, 0.3) is 0 Å². The molecule has 0 rings (SSSR count). The highest BCUT2D eigenvalue weighted by Crippen LogP contribution is 2.30. The topological polar surface area (TPSA) is 26.0 Å². The van der Waals surface area contributed by atoms with Crippen molar-refractivity contribution in [1.82, 2.24) is 0 Å². The Balaban J connectivity index is 0. The number of rotatable bonds is 15. The Morgan fingerprint density at radius 1 is 0.682 bits per heavy atom. The van der Waals surface area contributed by atoms with E-state index in [0.717, 1.165) is 18.8 Å². The van der Waals surface area contributed by atoms with Crippen LogP contribution in [0, 0.1) is 5.92 Å². The molecule has 1 unspecified atom stereocenters. The van der Waals surface area contributed by atoms with Gasteiger partial charge < -0.3 is 5.73 Å². The average Bonchev–Trinajstić information content (AvgIpc) is 2.52. The summed E-state index contributed by atoms with van der Waals surface area (Å²) < 4.78 is 0. The lowest BCUT2D eigenvalue weighted by atomic mass is 9.76. The minimum absolute atomic E-state index is 0. The molecule has 0 amide bonds. The highest BCUT2D eigenvalue weighted by Gasteiger charge is 2.29. The Morgan fingerprint density at radius 2 is 1.09 bits per heavy atom. The first-order chi connectivity index (χ1) is 10.1. The van der Waals surface area contributed by atoms with Gasteiger partial charge in [-0.2, -0.15) is 0 Å². The van der Waals surface area contributed by atoms with Gasteiger partial charge in [0, 0.05) is 5.54 Å². The van der Waals surface area contributed by atoms with E-state index < -0.39 is 0 Å². The fourth-order valence-corrected chi connectivity index (χ4v) is 3.60. The summed E-state index contributed by atoms with van der Waals surface area (Å²) >= 11 is 0. The van der Waals surface area contributed by atoms with Crippen LogP contribution in [0.2, 0.25) is 0 Å². The number of unbranched alkanes of at least 4 members (excludes halogenated alkanes) is 9. The molecule has 0 aliphatic rings. The maximum atomic E-state index is 6.57. The lowest BCUT2D eigenvalue weighted by molar-refractivity contribution is 0.225. The first-order valence-electron chi connectivity index (χ1n) is 9.93. The van der Waals surface area contributed by atoms with Crippen molar-refractivity contribution >= 4 is 24.0 Å². The van der Waals surface area contributed by atoms with Gasteiger partial charge in [-0.25, -0.2) is 0 Å².